The highest BCUT2D eigenvalue weighted by Crippen LogP contribution is 2.21. The molecule has 1 atom stereocenters. The summed E-state index contributed by atoms with van der Waals surface area (Å²) in [7, 11) is 0. The standard InChI is InChI=1S/C20H22N6O/c27-20(17-7-10-23-24-12-17)26-14-16(13-25-11-3-4-18(25)15-26)6-9-22-19-5-1-2-8-21-19/h1-5,7-8,10-12,16H,6,9,13-15H2,(H,21,22). The third kappa shape index (κ3) is 4.13. The fraction of sp³-hybridized carbons (Fsp3) is 0.300. The van der Waals surface area contributed by atoms with Crippen molar-refractivity contribution in [2.75, 3.05) is 18.4 Å². The number of hydrogen-bond acceptors (Lipinski definition) is 5. The molecule has 3 aromatic rings. The maximum atomic E-state index is 12.9. The summed E-state index contributed by atoms with van der Waals surface area (Å²) in [6.45, 7) is 3.05. The Balaban J connectivity index is 1.46. The Morgan fingerprint density at radius 1 is 1.11 bits per heavy atom. The van der Waals surface area contributed by atoms with Gasteiger partial charge in [-0.25, -0.2) is 4.98 Å². The number of fused-ring (bicyclic) bond motifs is 1. The molecule has 7 heteroatoms. The summed E-state index contributed by atoms with van der Waals surface area (Å²) in [5.74, 6) is 1.24. The van der Waals surface area contributed by atoms with Crippen molar-refractivity contribution in [3.05, 3.63) is 72.4 Å². The van der Waals surface area contributed by atoms with Crippen molar-refractivity contribution in [2.24, 2.45) is 5.92 Å². The Labute approximate surface area is 158 Å². The number of amides is 1. The highest BCUT2D eigenvalue weighted by atomic mass is 16.2. The zero-order chi connectivity index (χ0) is 18.5. The molecule has 0 saturated heterocycles. The molecule has 0 saturated carbocycles. The first-order chi connectivity index (χ1) is 13.3. The average molecular weight is 362 g/mol. The molecule has 0 aromatic carbocycles. The topological polar surface area (TPSA) is 75.9 Å². The number of carbonyl (C=O) groups is 1. The molecule has 1 aliphatic heterocycles. The van der Waals surface area contributed by atoms with Crippen LogP contribution in [0.4, 0.5) is 5.82 Å². The molecule has 27 heavy (non-hydrogen) atoms. The van der Waals surface area contributed by atoms with E-state index in [9.17, 15) is 4.79 Å². The minimum Gasteiger partial charge on any atom is -0.370 e. The van der Waals surface area contributed by atoms with E-state index in [-0.39, 0.29) is 5.91 Å². The highest BCUT2D eigenvalue weighted by Gasteiger charge is 2.25. The number of anilines is 1. The third-order valence-corrected chi connectivity index (χ3v) is 4.85. The second-order valence-corrected chi connectivity index (χ2v) is 6.77. The van der Waals surface area contributed by atoms with Crippen molar-refractivity contribution < 1.29 is 4.79 Å². The van der Waals surface area contributed by atoms with Crippen LogP contribution in [0.25, 0.3) is 0 Å². The predicted molar refractivity (Wildman–Crippen MR) is 102 cm³/mol. The zero-order valence-corrected chi connectivity index (χ0v) is 15.0. The molecule has 1 amide bonds. The second-order valence-electron chi connectivity index (χ2n) is 6.77. The maximum absolute atomic E-state index is 12.9. The Bertz CT molecular complexity index is 880. The Kier molecular flexibility index (Phi) is 5.09. The van der Waals surface area contributed by atoms with Gasteiger partial charge in [-0.1, -0.05) is 6.07 Å². The van der Waals surface area contributed by atoms with Crippen LogP contribution in [0.1, 0.15) is 22.5 Å². The van der Waals surface area contributed by atoms with E-state index in [0.717, 1.165) is 31.0 Å². The van der Waals surface area contributed by atoms with Crippen molar-refractivity contribution in [1.82, 2.24) is 24.6 Å². The molecule has 138 valence electrons. The van der Waals surface area contributed by atoms with Gasteiger partial charge in [0.1, 0.15) is 5.82 Å². The van der Waals surface area contributed by atoms with Gasteiger partial charge in [0.2, 0.25) is 0 Å². The van der Waals surface area contributed by atoms with E-state index in [1.165, 1.54) is 6.20 Å². The van der Waals surface area contributed by atoms with Crippen molar-refractivity contribution in [1.29, 1.82) is 0 Å². The van der Waals surface area contributed by atoms with Crippen LogP contribution in [0, 0.1) is 5.92 Å². The molecule has 4 rings (SSSR count). The summed E-state index contributed by atoms with van der Waals surface area (Å²) in [6.07, 6.45) is 7.91. The number of nitrogens with zero attached hydrogens (tertiary/aromatic N) is 5. The monoisotopic (exact) mass is 362 g/mol. The van der Waals surface area contributed by atoms with E-state index in [4.69, 9.17) is 0 Å². The first-order valence-corrected chi connectivity index (χ1v) is 9.14. The average Bonchev–Trinajstić information content (AvgIpc) is 3.07. The summed E-state index contributed by atoms with van der Waals surface area (Å²) < 4.78 is 2.25. The van der Waals surface area contributed by atoms with E-state index in [2.05, 4.69) is 37.3 Å². The predicted octanol–water partition coefficient (Wildman–Crippen LogP) is 2.45. The summed E-state index contributed by atoms with van der Waals surface area (Å²) in [6, 6.07) is 11.7. The molecular formula is C20H22N6O. The van der Waals surface area contributed by atoms with Gasteiger partial charge in [-0.2, -0.15) is 10.2 Å². The first kappa shape index (κ1) is 17.2. The van der Waals surface area contributed by atoms with Gasteiger partial charge in [0.25, 0.3) is 5.91 Å². The van der Waals surface area contributed by atoms with Crippen LogP contribution in [0.5, 0.6) is 0 Å². The molecule has 0 bridgehead atoms. The van der Waals surface area contributed by atoms with Gasteiger partial charge >= 0.3 is 0 Å². The minimum atomic E-state index is 0.00207. The summed E-state index contributed by atoms with van der Waals surface area (Å²) in [4.78, 5) is 19.2. The van der Waals surface area contributed by atoms with Gasteiger partial charge in [0.05, 0.1) is 24.5 Å². The molecule has 7 nitrogen and oxygen atoms in total. The number of nitrogens with one attached hydrogen (secondary N) is 1. The molecule has 0 radical (unpaired) electrons. The van der Waals surface area contributed by atoms with Gasteiger partial charge in [0, 0.05) is 37.7 Å². The van der Waals surface area contributed by atoms with Crippen LogP contribution in [0.3, 0.4) is 0 Å². The lowest BCUT2D eigenvalue weighted by molar-refractivity contribution is 0.0719. The summed E-state index contributed by atoms with van der Waals surface area (Å²) in [5.41, 5.74) is 1.74. The van der Waals surface area contributed by atoms with Crippen LogP contribution in [0.2, 0.25) is 0 Å². The molecule has 1 N–H and O–H groups in total. The van der Waals surface area contributed by atoms with Crippen molar-refractivity contribution in [3.63, 3.8) is 0 Å². The zero-order valence-electron chi connectivity index (χ0n) is 15.0. The number of aromatic nitrogens is 4. The van der Waals surface area contributed by atoms with Gasteiger partial charge in [-0.15, -0.1) is 0 Å². The Hall–Kier alpha value is -3.22. The van der Waals surface area contributed by atoms with Crippen molar-refractivity contribution >= 4 is 11.7 Å². The Morgan fingerprint density at radius 3 is 2.89 bits per heavy atom. The van der Waals surface area contributed by atoms with Crippen LogP contribution in [0.15, 0.2) is 61.2 Å². The number of hydrogen-bond donors (Lipinski definition) is 1. The lowest BCUT2D eigenvalue weighted by atomic mass is 10.0. The largest absolute Gasteiger partial charge is 0.370 e. The number of rotatable bonds is 5. The van der Waals surface area contributed by atoms with Crippen molar-refractivity contribution in [2.45, 2.75) is 19.5 Å². The maximum Gasteiger partial charge on any atom is 0.255 e. The van der Waals surface area contributed by atoms with Gasteiger partial charge in [-0.3, -0.25) is 4.79 Å². The molecule has 4 heterocycles. The SMILES string of the molecule is O=C(c1ccnnc1)N1Cc2cccn2CC(CCNc2ccccn2)C1. The molecule has 1 unspecified atom stereocenters. The van der Waals surface area contributed by atoms with Crippen LogP contribution < -0.4 is 5.32 Å². The second kappa shape index (κ2) is 7.99. The number of carbonyl (C=O) groups excluding carboxylic acids is 1. The lowest BCUT2D eigenvalue weighted by Gasteiger charge is -2.24. The van der Waals surface area contributed by atoms with Crippen LogP contribution >= 0.6 is 0 Å². The highest BCUT2D eigenvalue weighted by molar-refractivity contribution is 5.93. The molecule has 0 fully saturated rings. The molecule has 0 spiro atoms. The fourth-order valence-corrected chi connectivity index (χ4v) is 3.49. The van der Waals surface area contributed by atoms with E-state index in [1.54, 1.807) is 18.5 Å². The van der Waals surface area contributed by atoms with Gasteiger partial charge < -0.3 is 14.8 Å². The first-order valence-electron chi connectivity index (χ1n) is 9.14. The van der Waals surface area contributed by atoms with E-state index >= 15 is 0 Å². The number of pyridine rings is 1. The van der Waals surface area contributed by atoms with Gasteiger partial charge in [0.15, 0.2) is 0 Å². The fourth-order valence-electron chi connectivity index (χ4n) is 3.49. The van der Waals surface area contributed by atoms with E-state index in [0.29, 0.717) is 24.6 Å². The molecule has 1 aliphatic rings. The summed E-state index contributed by atoms with van der Waals surface area (Å²) >= 11 is 0. The van der Waals surface area contributed by atoms with Crippen molar-refractivity contribution in [3.8, 4) is 0 Å². The molecule has 3 aromatic heterocycles. The molecular weight excluding hydrogens is 340 g/mol. The normalized spacial score (nSPS) is 16.4. The lowest BCUT2D eigenvalue weighted by Crippen LogP contribution is -2.34. The van der Waals surface area contributed by atoms with Gasteiger partial charge in [-0.05, 0) is 42.7 Å². The quantitative estimate of drug-likeness (QED) is 0.754. The molecule has 0 aliphatic carbocycles. The minimum absolute atomic E-state index is 0.00207. The summed E-state index contributed by atoms with van der Waals surface area (Å²) in [5, 5.41) is 11.0. The van der Waals surface area contributed by atoms with E-state index in [1.807, 2.05) is 29.2 Å². The van der Waals surface area contributed by atoms with E-state index < -0.39 is 0 Å². The Morgan fingerprint density at radius 2 is 2.07 bits per heavy atom. The smallest absolute Gasteiger partial charge is 0.255 e. The van der Waals surface area contributed by atoms with Crippen LogP contribution in [-0.4, -0.2) is 43.6 Å². The van der Waals surface area contributed by atoms with Crippen LogP contribution in [-0.2, 0) is 13.1 Å². The third-order valence-electron chi connectivity index (χ3n) is 4.85.